The Hall–Kier alpha value is -2.93. The van der Waals surface area contributed by atoms with Crippen LogP contribution in [0.3, 0.4) is 0 Å². The molecule has 7 heteroatoms. The lowest BCUT2D eigenvalue weighted by Crippen LogP contribution is -2.49. The molecule has 0 radical (unpaired) electrons. The fourth-order valence-electron chi connectivity index (χ4n) is 4.53. The molecule has 6 nitrogen and oxygen atoms in total. The van der Waals surface area contributed by atoms with E-state index in [1.807, 2.05) is 12.1 Å². The van der Waals surface area contributed by atoms with Gasteiger partial charge < -0.3 is 19.9 Å². The Morgan fingerprint density at radius 2 is 1.82 bits per heavy atom. The zero-order valence-electron chi connectivity index (χ0n) is 20.4. The Morgan fingerprint density at radius 3 is 2.44 bits per heavy atom. The molecule has 3 rings (SSSR count). The van der Waals surface area contributed by atoms with Gasteiger partial charge in [-0.05, 0) is 67.9 Å². The quantitative estimate of drug-likeness (QED) is 0.524. The first-order chi connectivity index (χ1) is 16.5. The summed E-state index contributed by atoms with van der Waals surface area (Å²) in [5.41, 5.74) is 1.43. The van der Waals surface area contributed by atoms with Crippen molar-refractivity contribution in [3.05, 3.63) is 59.9 Å². The average molecular weight is 470 g/mol. The van der Waals surface area contributed by atoms with E-state index in [2.05, 4.69) is 24.1 Å². The normalized spacial score (nSPS) is 18.3. The average Bonchev–Trinajstić information content (AvgIpc) is 2.86. The van der Waals surface area contributed by atoms with Gasteiger partial charge in [0.2, 0.25) is 11.8 Å². The Labute approximate surface area is 202 Å². The van der Waals surface area contributed by atoms with Crippen LogP contribution in [-0.4, -0.2) is 50.0 Å². The van der Waals surface area contributed by atoms with Crippen LogP contribution >= 0.6 is 0 Å². The molecule has 1 fully saturated rings. The number of hydrogen-bond acceptors (Lipinski definition) is 4. The van der Waals surface area contributed by atoms with Crippen molar-refractivity contribution < 1.29 is 18.7 Å². The molecule has 1 saturated heterocycles. The zero-order valence-corrected chi connectivity index (χ0v) is 20.4. The van der Waals surface area contributed by atoms with Crippen molar-refractivity contribution in [1.29, 1.82) is 0 Å². The van der Waals surface area contributed by atoms with Crippen LogP contribution in [0.1, 0.15) is 51.1 Å². The van der Waals surface area contributed by atoms with Gasteiger partial charge in [0.1, 0.15) is 11.6 Å². The van der Waals surface area contributed by atoms with E-state index in [4.69, 9.17) is 4.74 Å². The lowest BCUT2D eigenvalue weighted by Gasteiger charge is -2.41. The molecular weight excluding hydrogens is 433 g/mol. The summed E-state index contributed by atoms with van der Waals surface area (Å²) in [7, 11) is 1.59. The maximum atomic E-state index is 13.7. The number of anilines is 1. The molecule has 0 aliphatic carbocycles. The topological polar surface area (TPSA) is 61.9 Å². The highest BCUT2D eigenvalue weighted by Gasteiger charge is 2.41. The van der Waals surface area contributed by atoms with Crippen LogP contribution in [0.15, 0.2) is 48.5 Å². The predicted molar refractivity (Wildman–Crippen MR) is 132 cm³/mol. The number of piperidine rings is 1. The zero-order chi connectivity index (χ0) is 24.5. The van der Waals surface area contributed by atoms with E-state index in [1.54, 1.807) is 36.3 Å². The molecule has 1 heterocycles. The number of likely N-dealkylation sites (N-methyl/N-ethyl adjacent to an activating group) is 1. The molecule has 0 saturated carbocycles. The van der Waals surface area contributed by atoms with Gasteiger partial charge in [-0.25, -0.2) is 4.39 Å². The molecule has 0 spiro atoms. The Bertz CT molecular complexity index is 933. The van der Waals surface area contributed by atoms with Gasteiger partial charge in [-0.3, -0.25) is 9.59 Å². The number of nitrogens with one attached hydrogen (secondary N) is 1. The second kappa shape index (κ2) is 12.5. The summed E-state index contributed by atoms with van der Waals surface area (Å²) in [6.07, 6.45) is 3.00. The number of methoxy groups -OCH3 is 1. The highest BCUT2D eigenvalue weighted by atomic mass is 19.1. The van der Waals surface area contributed by atoms with Crippen LogP contribution in [-0.2, 0) is 9.59 Å². The highest BCUT2D eigenvalue weighted by molar-refractivity contribution is 5.97. The minimum atomic E-state index is -0.516. The molecule has 1 aliphatic rings. The standard InChI is InChI=1S/C27H36FN3O3/c1-4-6-18-30(5-2)19-17-29-27(33)24-15-16-25(32)31(22-11-13-23(34-3)14-12-22)26(24)20-7-9-21(28)10-8-20/h7-14,24,26H,4-6,15-19H2,1-3H3,(H,29,33)/t24-,26+/m1/s1. The summed E-state index contributed by atoms with van der Waals surface area (Å²) in [5, 5.41) is 3.10. The lowest BCUT2D eigenvalue weighted by molar-refractivity contribution is -0.129. The Kier molecular flexibility index (Phi) is 9.45. The molecule has 2 aromatic carbocycles. The maximum Gasteiger partial charge on any atom is 0.227 e. The second-order valence-electron chi connectivity index (χ2n) is 8.68. The van der Waals surface area contributed by atoms with Gasteiger partial charge in [0, 0.05) is 25.2 Å². The summed E-state index contributed by atoms with van der Waals surface area (Å²) in [4.78, 5) is 30.5. The second-order valence-corrected chi connectivity index (χ2v) is 8.68. The molecule has 34 heavy (non-hydrogen) atoms. The molecular formula is C27H36FN3O3. The molecule has 1 N–H and O–H groups in total. The summed E-state index contributed by atoms with van der Waals surface area (Å²) >= 11 is 0. The molecule has 0 bridgehead atoms. The molecule has 2 amide bonds. The van der Waals surface area contributed by atoms with Gasteiger partial charge in [-0.1, -0.05) is 32.4 Å². The van der Waals surface area contributed by atoms with Crippen LogP contribution < -0.4 is 15.0 Å². The van der Waals surface area contributed by atoms with Crippen LogP contribution in [0.5, 0.6) is 5.75 Å². The number of nitrogens with zero attached hydrogens (tertiary/aromatic N) is 2. The molecule has 0 aromatic heterocycles. The monoisotopic (exact) mass is 469 g/mol. The van der Waals surface area contributed by atoms with Crippen molar-refractivity contribution in [2.24, 2.45) is 5.92 Å². The summed E-state index contributed by atoms with van der Waals surface area (Å²) in [6.45, 7) is 7.60. The van der Waals surface area contributed by atoms with E-state index in [9.17, 15) is 14.0 Å². The fraction of sp³-hybridized carbons (Fsp3) is 0.481. The first-order valence-electron chi connectivity index (χ1n) is 12.2. The number of rotatable bonds is 11. The van der Waals surface area contributed by atoms with Gasteiger partial charge in [-0.2, -0.15) is 0 Å². The van der Waals surface area contributed by atoms with E-state index in [-0.39, 0.29) is 24.1 Å². The third kappa shape index (κ3) is 6.35. The van der Waals surface area contributed by atoms with Crippen molar-refractivity contribution in [2.45, 2.75) is 45.6 Å². The highest BCUT2D eigenvalue weighted by Crippen LogP contribution is 2.40. The number of ether oxygens (including phenoxy) is 1. The van der Waals surface area contributed by atoms with Gasteiger partial charge in [-0.15, -0.1) is 0 Å². The first-order valence-corrected chi connectivity index (χ1v) is 12.2. The predicted octanol–water partition coefficient (Wildman–Crippen LogP) is 4.56. The van der Waals surface area contributed by atoms with E-state index in [0.717, 1.165) is 38.0 Å². The van der Waals surface area contributed by atoms with E-state index in [1.165, 1.54) is 12.1 Å². The number of benzene rings is 2. The third-order valence-corrected chi connectivity index (χ3v) is 6.50. The summed E-state index contributed by atoms with van der Waals surface area (Å²) < 4.78 is 18.9. The Morgan fingerprint density at radius 1 is 1.12 bits per heavy atom. The van der Waals surface area contributed by atoms with Crippen molar-refractivity contribution in [3.63, 3.8) is 0 Å². The number of carbonyl (C=O) groups is 2. The van der Waals surface area contributed by atoms with Gasteiger partial charge in [0.15, 0.2) is 0 Å². The lowest BCUT2D eigenvalue weighted by atomic mass is 9.83. The van der Waals surface area contributed by atoms with Crippen LogP contribution in [0.2, 0.25) is 0 Å². The van der Waals surface area contributed by atoms with E-state index in [0.29, 0.717) is 24.4 Å². The Balaban J connectivity index is 1.83. The van der Waals surface area contributed by atoms with Crippen molar-refractivity contribution >= 4 is 17.5 Å². The van der Waals surface area contributed by atoms with Crippen molar-refractivity contribution in [1.82, 2.24) is 10.2 Å². The van der Waals surface area contributed by atoms with Gasteiger partial charge >= 0.3 is 0 Å². The number of carbonyl (C=O) groups excluding carboxylic acids is 2. The summed E-state index contributed by atoms with van der Waals surface area (Å²) in [6, 6.07) is 12.8. The van der Waals surface area contributed by atoms with Crippen LogP contribution in [0, 0.1) is 11.7 Å². The van der Waals surface area contributed by atoms with Crippen molar-refractivity contribution in [2.75, 3.05) is 38.2 Å². The largest absolute Gasteiger partial charge is 0.497 e. The number of amides is 2. The number of halogens is 1. The maximum absolute atomic E-state index is 13.7. The molecule has 2 aromatic rings. The minimum absolute atomic E-state index is 0.0553. The first kappa shape index (κ1) is 25.7. The molecule has 184 valence electrons. The fourth-order valence-corrected chi connectivity index (χ4v) is 4.53. The van der Waals surface area contributed by atoms with Crippen LogP contribution in [0.4, 0.5) is 10.1 Å². The smallest absolute Gasteiger partial charge is 0.227 e. The third-order valence-electron chi connectivity index (χ3n) is 6.50. The summed E-state index contributed by atoms with van der Waals surface area (Å²) in [5.74, 6) is -0.234. The van der Waals surface area contributed by atoms with Gasteiger partial charge in [0.25, 0.3) is 0 Å². The SMILES string of the molecule is CCCCN(CC)CCNC(=O)[C@@H]1CCC(=O)N(c2ccc(OC)cc2)[C@H]1c1ccc(F)cc1. The minimum Gasteiger partial charge on any atom is -0.497 e. The number of unbranched alkanes of at least 4 members (excludes halogenated alkanes) is 1. The number of hydrogen-bond donors (Lipinski definition) is 1. The van der Waals surface area contributed by atoms with Crippen molar-refractivity contribution in [3.8, 4) is 5.75 Å². The molecule has 2 atom stereocenters. The van der Waals surface area contributed by atoms with E-state index >= 15 is 0 Å². The van der Waals surface area contributed by atoms with Gasteiger partial charge in [0.05, 0.1) is 19.1 Å². The van der Waals surface area contributed by atoms with Crippen LogP contribution in [0.25, 0.3) is 0 Å². The van der Waals surface area contributed by atoms with E-state index < -0.39 is 12.0 Å². The molecule has 1 aliphatic heterocycles. The molecule has 0 unspecified atom stereocenters.